The zero-order chi connectivity index (χ0) is 31.9. The minimum absolute atomic E-state index is 0.0867. The van der Waals surface area contributed by atoms with E-state index in [9.17, 15) is 29.1 Å². The predicted molar refractivity (Wildman–Crippen MR) is 167 cm³/mol. The lowest BCUT2D eigenvalue weighted by Crippen LogP contribution is -2.50. The molecule has 2 aromatic carbocycles. The highest BCUT2D eigenvalue weighted by molar-refractivity contribution is 7.11. The molecule has 238 valence electrons. The first-order valence-corrected chi connectivity index (χ1v) is 16.6. The molecule has 11 nitrogen and oxygen atoms in total. The van der Waals surface area contributed by atoms with E-state index in [1.165, 1.54) is 16.2 Å². The lowest BCUT2D eigenvalue weighted by molar-refractivity contribution is -0.153. The SMILES string of the molecule is O=C(O)[C@@H]1CCCCC1C(=O)N1CCc2cccc(OC3CCN(C(=O)c4cncs4)C3)c2[C@H]1CN1C(=O)c2ccccc2C1=O. The molecule has 46 heavy (non-hydrogen) atoms. The van der Waals surface area contributed by atoms with Gasteiger partial charge in [-0.05, 0) is 43.0 Å². The number of hydrogen-bond acceptors (Lipinski definition) is 8. The van der Waals surface area contributed by atoms with Gasteiger partial charge in [-0.15, -0.1) is 11.3 Å². The van der Waals surface area contributed by atoms with E-state index < -0.39 is 35.7 Å². The van der Waals surface area contributed by atoms with Crippen molar-refractivity contribution in [3.63, 3.8) is 0 Å². The molecule has 1 saturated carbocycles. The van der Waals surface area contributed by atoms with E-state index in [0.29, 0.717) is 72.6 Å². The van der Waals surface area contributed by atoms with Gasteiger partial charge < -0.3 is 19.6 Å². The number of ether oxygens (including phenoxy) is 1. The number of carboxylic acid groups (broad SMARTS) is 1. The number of aliphatic carboxylic acids is 1. The van der Waals surface area contributed by atoms with Crippen LogP contribution in [0.5, 0.6) is 5.75 Å². The number of fused-ring (bicyclic) bond motifs is 2. The third-order valence-electron chi connectivity index (χ3n) is 9.77. The number of carbonyl (C=O) groups is 5. The average molecular weight is 643 g/mol. The molecule has 3 aromatic rings. The summed E-state index contributed by atoms with van der Waals surface area (Å²) in [5.74, 6) is -3.12. The molecule has 1 aliphatic carbocycles. The summed E-state index contributed by atoms with van der Waals surface area (Å²) in [6, 6.07) is 11.6. The van der Waals surface area contributed by atoms with Crippen LogP contribution in [0.25, 0.3) is 0 Å². The van der Waals surface area contributed by atoms with Gasteiger partial charge in [0.15, 0.2) is 0 Å². The molecule has 1 saturated heterocycles. The number of aromatic nitrogens is 1. The number of hydrogen-bond donors (Lipinski definition) is 1. The van der Waals surface area contributed by atoms with E-state index in [2.05, 4.69) is 4.98 Å². The number of amides is 4. The molecule has 12 heteroatoms. The number of nitrogens with zero attached hydrogens (tertiary/aromatic N) is 4. The van der Waals surface area contributed by atoms with Crippen LogP contribution in [-0.4, -0.2) is 86.7 Å². The number of imide groups is 1. The highest BCUT2D eigenvalue weighted by atomic mass is 32.1. The van der Waals surface area contributed by atoms with E-state index in [1.54, 1.807) is 45.8 Å². The molecule has 4 amide bonds. The first kappa shape index (κ1) is 30.1. The molecule has 4 heterocycles. The van der Waals surface area contributed by atoms with Crippen LogP contribution in [0.3, 0.4) is 0 Å². The zero-order valence-electron chi connectivity index (χ0n) is 25.2. The molecule has 2 unspecified atom stereocenters. The van der Waals surface area contributed by atoms with Crippen LogP contribution in [0.1, 0.15) is 79.7 Å². The van der Waals surface area contributed by atoms with Crippen LogP contribution in [-0.2, 0) is 16.0 Å². The molecule has 4 aliphatic rings. The van der Waals surface area contributed by atoms with Crippen molar-refractivity contribution in [3.8, 4) is 5.75 Å². The fourth-order valence-corrected chi connectivity index (χ4v) is 8.06. The van der Waals surface area contributed by atoms with Gasteiger partial charge in [0.2, 0.25) is 5.91 Å². The number of benzene rings is 2. The van der Waals surface area contributed by atoms with Crippen molar-refractivity contribution in [2.45, 2.75) is 50.7 Å². The van der Waals surface area contributed by atoms with Gasteiger partial charge in [0.25, 0.3) is 17.7 Å². The quantitative estimate of drug-likeness (QED) is 0.381. The van der Waals surface area contributed by atoms with Crippen LogP contribution >= 0.6 is 11.3 Å². The van der Waals surface area contributed by atoms with Crippen molar-refractivity contribution < 1.29 is 33.8 Å². The molecule has 0 radical (unpaired) electrons. The van der Waals surface area contributed by atoms with E-state index in [1.807, 2.05) is 18.2 Å². The summed E-state index contributed by atoms with van der Waals surface area (Å²) in [6.45, 7) is 1.15. The highest BCUT2D eigenvalue weighted by Gasteiger charge is 2.45. The van der Waals surface area contributed by atoms with E-state index in [4.69, 9.17) is 4.74 Å². The van der Waals surface area contributed by atoms with E-state index in [-0.39, 0.29) is 24.5 Å². The summed E-state index contributed by atoms with van der Waals surface area (Å²) in [7, 11) is 0. The minimum atomic E-state index is -0.977. The molecule has 2 fully saturated rings. The van der Waals surface area contributed by atoms with Crippen molar-refractivity contribution >= 4 is 40.9 Å². The lowest BCUT2D eigenvalue weighted by Gasteiger charge is -2.42. The summed E-state index contributed by atoms with van der Waals surface area (Å²) in [6.07, 6.45) is 4.82. The van der Waals surface area contributed by atoms with Gasteiger partial charge in [-0.2, -0.15) is 0 Å². The highest BCUT2D eigenvalue weighted by Crippen LogP contribution is 2.42. The summed E-state index contributed by atoms with van der Waals surface area (Å²) < 4.78 is 6.59. The Bertz CT molecular complexity index is 1670. The molecule has 1 aromatic heterocycles. The first-order valence-electron chi connectivity index (χ1n) is 15.8. The Morgan fingerprint density at radius 3 is 2.37 bits per heavy atom. The topological polar surface area (TPSA) is 137 Å². The van der Waals surface area contributed by atoms with Gasteiger partial charge in [0.05, 0.1) is 53.8 Å². The van der Waals surface area contributed by atoms with Crippen LogP contribution in [0.2, 0.25) is 0 Å². The molecular weight excluding hydrogens is 608 g/mol. The van der Waals surface area contributed by atoms with Gasteiger partial charge in [-0.25, -0.2) is 0 Å². The number of rotatable bonds is 7. The largest absolute Gasteiger partial charge is 0.488 e. The van der Waals surface area contributed by atoms with Crippen molar-refractivity contribution in [1.82, 2.24) is 19.7 Å². The third kappa shape index (κ3) is 5.34. The van der Waals surface area contributed by atoms with Crippen LogP contribution in [0.15, 0.2) is 54.2 Å². The lowest BCUT2D eigenvalue weighted by atomic mass is 9.77. The van der Waals surface area contributed by atoms with Gasteiger partial charge in [-0.3, -0.25) is 33.9 Å². The maximum absolute atomic E-state index is 14.3. The first-order chi connectivity index (χ1) is 22.3. The standard InChI is InChI=1S/C34H34N4O7S/c39-30(24-9-3-4-10-25(24)34(43)44)37-15-12-20-6-5-11-27(45-21-13-14-36(17-21)33(42)28-16-35-19-46-28)29(20)26(37)18-38-31(40)22-7-1-2-8-23(22)32(38)41/h1-2,5-8,11,16,19,21,24-26H,3-4,9-10,12-15,17-18H2,(H,43,44)/t21?,24?,25-,26-/m1/s1. The zero-order valence-corrected chi connectivity index (χ0v) is 26.0. The monoisotopic (exact) mass is 642 g/mol. The van der Waals surface area contributed by atoms with Crippen LogP contribution < -0.4 is 4.74 Å². The smallest absolute Gasteiger partial charge is 0.307 e. The summed E-state index contributed by atoms with van der Waals surface area (Å²) in [4.78, 5) is 75.7. The number of likely N-dealkylation sites (tertiary alicyclic amines) is 1. The van der Waals surface area contributed by atoms with Crippen molar-refractivity contribution in [3.05, 3.63) is 81.3 Å². The Hall–Kier alpha value is -4.58. The minimum Gasteiger partial charge on any atom is -0.488 e. The third-order valence-corrected chi connectivity index (χ3v) is 10.5. The Kier molecular flexibility index (Phi) is 8.06. The second-order valence-electron chi connectivity index (χ2n) is 12.4. The Morgan fingerprint density at radius 2 is 1.67 bits per heavy atom. The fraction of sp³-hybridized carbons (Fsp3) is 0.412. The maximum atomic E-state index is 14.3. The fourth-order valence-electron chi connectivity index (χ4n) is 7.47. The van der Waals surface area contributed by atoms with E-state index in [0.717, 1.165) is 18.4 Å². The molecular formula is C34H34N4O7S. The van der Waals surface area contributed by atoms with Crippen LogP contribution in [0.4, 0.5) is 0 Å². The molecule has 7 rings (SSSR count). The maximum Gasteiger partial charge on any atom is 0.307 e. The Morgan fingerprint density at radius 1 is 0.935 bits per heavy atom. The second-order valence-corrected chi connectivity index (χ2v) is 13.3. The van der Waals surface area contributed by atoms with Crippen LogP contribution in [0, 0.1) is 11.8 Å². The van der Waals surface area contributed by atoms with Crippen molar-refractivity contribution in [2.24, 2.45) is 11.8 Å². The van der Waals surface area contributed by atoms with Gasteiger partial charge in [0.1, 0.15) is 16.7 Å². The summed E-state index contributed by atoms with van der Waals surface area (Å²) >= 11 is 1.29. The molecule has 0 spiro atoms. The molecule has 4 atom stereocenters. The summed E-state index contributed by atoms with van der Waals surface area (Å²) in [5.41, 5.74) is 3.92. The molecule has 0 bridgehead atoms. The van der Waals surface area contributed by atoms with E-state index >= 15 is 0 Å². The predicted octanol–water partition coefficient (Wildman–Crippen LogP) is 4.05. The number of carboxylic acids is 1. The van der Waals surface area contributed by atoms with Gasteiger partial charge in [0, 0.05) is 25.1 Å². The Labute approximate surface area is 269 Å². The van der Waals surface area contributed by atoms with Gasteiger partial charge in [-0.1, -0.05) is 37.1 Å². The number of carbonyl (C=O) groups excluding carboxylic acids is 4. The number of thiazole rings is 1. The van der Waals surface area contributed by atoms with Crippen molar-refractivity contribution in [2.75, 3.05) is 26.2 Å². The molecule has 1 N–H and O–H groups in total. The Balaban J connectivity index is 1.22. The van der Waals surface area contributed by atoms with Crippen molar-refractivity contribution in [1.29, 1.82) is 0 Å². The molecule has 3 aliphatic heterocycles. The normalized spacial score (nSPS) is 24.1. The summed E-state index contributed by atoms with van der Waals surface area (Å²) in [5, 5.41) is 9.98. The second kappa shape index (κ2) is 12.3. The van der Waals surface area contributed by atoms with Gasteiger partial charge >= 0.3 is 5.97 Å². The average Bonchev–Trinajstić information content (AvgIpc) is 3.83.